The molecule has 0 aliphatic heterocycles. The van der Waals surface area contributed by atoms with E-state index in [2.05, 4.69) is 24.5 Å². The van der Waals surface area contributed by atoms with Gasteiger partial charge >= 0.3 is 0 Å². The van der Waals surface area contributed by atoms with Gasteiger partial charge in [-0.1, -0.05) is 50.1 Å². The van der Waals surface area contributed by atoms with Crippen molar-refractivity contribution in [3.05, 3.63) is 35.9 Å². The summed E-state index contributed by atoms with van der Waals surface area (Å²) in [6.07, 6.45) is 5.19. The Morgan fingerprint density at radius 3 is 2.81 bits per heavy atom. The third-order valence-corrected chi connectivity index (χ3v) is 3.27. The van der Waals surface area contributed by atoms with Crippen LogP contribution in [0.25, 0.3) is 0 Å². The van der Waals surface area contributed by atoms with Crippen LogP contribution in [-0.2, 0) is 11.4 Å². The molecule has 1 N–H and O–H groups in total. The van der Waals surface area contributed by atoms with Crippen LogP contribution in [0.1, 0.15) is 38.2 Å². The topological polar surface area (TPSA) is 21.3 Å². The summed E-state index contributed by atoms with van der Waals surface area (Å²) >= 11 is 0. The van der Waals surface area contributed by atoms with Crippen LogP contribution in [0, 0.1) is 5.92 Å². The average molecular weight is 219 g/mol. The lowest BCUT2D eigenvalue weighted by molar-refractivity contribution is -0.00908. The Labute approximate surface area is 98.0 Å². The van der Waals surface area contributed by atoms with E-state index < -0.39 is 0 Å². The zero-order valence-corrected chi connectivity index (χ0v) is 9.99. The van der Waals surface area contributed by atoms with Crippen LogP contribution in [0.15, 0.2) is 30.3 Å². The van der Waals surface area contributed by atoms with E-state index in [1.165, 1.54) is 31.2 Å². The van der Waals surface area contributed by atoms with Crippen molar-refractivity contribution >= 4 is 0 Å². The second-order valence-corrected chi connectivity index (χ2v) is 4.86. The highest BCUT2D eigenvalue weighted by Gasteiger charge is 2.18. The van der Waals surface area contributed by atoms with Gasteiger partial charge in [0.2, 0.25) is 0 Å². The second kappa shape index (κ2) is 6.02. The van der Waals surface area contributed by atoms with Crippen LogP contribution in [0.5, 0.6) is 0 Å². The highest BCUT2D eigenvalue weighted by molar-refractivity contribution is 5.13. The lowest BCUT2D eigenvalue weighted by atomic mass is 9.87. The van der Waals surface area contributed by atoms with Gasteiger partial charge in [-0.3, -0.25) is 4.84 Å². The lowest BCUT2D eigenvalue weighted by Crippen LogP contribution is -2.33. The Bertz CT molecular complexity index is 299. The smallest absolute Gasteiger partial charge is 0.0933 e. The number of benzene rings is 1. The monoisotopic (exact) mass is 219 g/mol. The Balaban J connectivity index is 1.68. The Kier molecular flexibility index (Phi) is 4.37. The van der Waals surface area contributed by atoms with Crippen LogP contribution in [0.2, 0.25) is 0 Å². The maximum absolute atomic E-state index is 5.56. The molecule has 0 radical (unpaired) electrons. The van der Waals surface area contributed by atoms with Crippen LogP contribution in [0.3, 0.4) is 0 Å². The number of hydrogen-bond acceptors (Lipinski definition) is 2. The van der Waals surface area contributed by atoms with Crippen molar-refractivity contribution in [2.24, 2.45) is 5.92 Å². The van der Waals surface area contributed by atoms with Crippen molar-refractivity contribution in [1.29, 1.82) is 0 Å². The van der Waals surface area contributed by atoms with E-state index in [0.717, 1.165) is 5.92 Å². The summed E-state index contributed by atoms with van der Waals surface area (Å²) < 4.78 is 0. The maximum atomic E-state index is 5.56. The van der Waals surface area contributed by atoms with Gasteiger partial charge in [0.15, 0.2) is 0 Å². The highest BCUT2D eigenvalue weighted by atomic mass is 16.6. The zero-order valence-electron chi connectivity index (χ0n) is 9.99. The lowest BCUT2D eigenvalue weighted by Gasteiger charge is -2.27. The van der Waals surface area contributed by atoms with Crippen LogP contribution in [-0.4, -0.2) is 6.04 Å². The first-order chi connectivity index (χ1) is 7.84. The van der Waals surface area contributed by atoms with Gasteiger partial charge in [-0.15, -0.1) is 0 Å². The molecule has 0 bridgehead atoms. The van der Waals surface area contributed by atoms with E-state index >= 15 is 0 Å². The predicted molar refractivity (Wildman–Crippen MR) is 65.8 cm³/mol. The number of hydroxylamine groups is 1. The Morgan fingerprint density at radius 2 is 2.06 bits per heavy atom. The molecule has 1 saturated carbocycles. The standard InChI is InChI=1S/C14H21NO/c1-12-6-5-9-14(10-12)15-16-11-13-7-3-2-4-8-13/h2-4,7-8,12,14-15H,5-6,9-11H2,1H3. The predicted octanol–water partition coefficient (Wildman–Crippen LogP) is 3.29. The quantitative estimate of drug-likeness (QED) is 0.785. The van der Waals surface area contributed by atoms with Gasteiger partial charge in [0.25, 0.3) is 0 Å². The normalized spacial score (nSPS) is 25.6. The van der Waals surface area contributed by atoms with E-state index in [9.17, 15) is 0 Å². The number of hydrogen-bond donors (Lipinski definition) is 1. The van der Waals surface area contributed by atoms with Crippen molar-refractivity contribution in [2.75, 3.05) is 0 Å². The minimum Gasteiger partial charge on any atom is -0.297 e. The van der Waals surface area contributed by atoms with Gasteiger partial charge in [0, 0.05) is 6.04 Å². The van der Waals surface area contributed by atoms with Crippen molar-refractivity contribution in [3.8, 4) is 0 Å². The molecule has 1 aromatic carbocycles. The summed E-state index contributed by atoms with van der Waals surface area (Å²) in [5, 5.41) is 0. The van der Waals surface area contributed by atoms with Gasteiger partial charge in [0.05, 0.1) is 6.61 Å². The molecule has 0 aromatic heterocycles. The molecule has 2 atom stereocenters. The minimum absolute atomic E-state index is 0.549. The summed E-state index contributed by atoms with van der Waals surface area (Å²) in [5.74, 6) is 0.839. The fourth-order valence-electron chi connectivity index (χ4n) is 2.36. The van der Waals surface area contributed by atoms with Crippen LogP contribution in [0.4, 0.5) is 0 Å². The summed E-state index contributed by atoms with van der Waals surface area (Å²) in [4.78, 5) is 5.56. The summed E-state index contributed by atoms with van der Waals surface area (Å²) in [6.45, 7) is 2.98. The Morgan fingerprint density at radius 1 is 1.25 bits per heavy atom. The van der Waals surface area contributed by atoms with Crippen LogP contribution < -0.4 is 5.48 Å². The molecule has 1 aliphatic carbocycles. The van der Waals surface area contributed by atoms with Crippen molar-refractivity contribution < 1.29 is 4.84 Å². The molecule has 0 heterocycles. The van der Waals surface area contributed by atoms with Crippen molar-refractivity contribution in [3.63, 3.8) is 0 Å². The number of nitrogens with one attached hydrogen (secondary N) is 1. The van der Waals surface area contributed by atoms with E-state index in [0.29, 0.717) is 12.6 Å². The first-order valence-corrected chi connectivity index (χ1v) is 6.26. The van der Waals surface area contributed by atoms with Crippen molar-refractivity contribution in [2.45, 2.75) is 45.3 Å². The SMILES string of the molecule is CC1CCCC(NOCc2ccccc2)C1. The highest BCUT2D eigenvalue weighted by Crippen LogP contribution is 2.23. The van der Waals surface area contributed by atoms with Gasteiger partial charge < -0.3 is 0 Å². The largest absolute Gasteiger partial charge is 0.297 e. The van der Waals surface area contributed by atoms with E-state index in [1.807, 2.05) is 18.2 Å². The molecule has 0 amide bonds. The Hall–Kier alpha value is -0.860. The molecular formula is C14H21NO. The fourth-order valence-corrected chi connectivity index (χ4v) is 2.36. The summed E-state index contributed by atoms with van der Waals surface area (Å²) in [5.41, 5.74) is 4.42. The van der Waals surface area contributed by atoms with E-state index in [4.69, 9.17) is 4.84 Å². The fraction of sp³-hybridized carbons (Fsp3) is 0.571. The molecule has 2 unspecified atom stereocenters. The maximum Gasteiger partial charge on any atom is 0.0933 e. The summed E-state index contributed by atoms with van der Waals surface area (Å²) in [6, 6.07) is 10.8. The molecule has 88 valence electrons. The molecule has 16 heavy (non-hydrogen) atoms. The van der Waals surface area contributed by atoms with Crippen LogP contribution >= 0.6 is 0 Å². The van der Waals surface area contributed by atoms with E-state index in [-0.39, 0.29) is 0 Å². The first kappa shape index (κ1) is 11.6. The third kappa shape index (κ3) is 3.62. The molecule has 2 heteroatoms. The first-order valence-electron chi connectivity index (χ1n) is 6.26. The third-order valence-electron chi connectivity index (χ3n) is 3.27. The average Bonchev–Trinajstić information content (AvgIpc) is 2.30. The second-order valence-electron chi connectivity index (χ2n) is 4.86. The molecule has 0 spiro atoms. The summed E-state index contributed by atoms with van der Waals surface area (Å²) in [7, 11) is 0. The van der Waals surface area contributed by atoms with Gasteiger partial charge in [-0.2, -0.15) is 5.48 Å². The van der Waals surface area contributed by atoms with Gasteiger partial charge in [-0.05, 0) is 24.3 Å². The van der Waals surface area contributed by atoms with E-state index in [1.54, 1.807) is 0 Å². The van der Waals surface area contributed by atoms with Gasteiger partial charge in [0.1, 0.15) is 0 Å². The molecule has 2 rings (SSSR count). The molecule has 1 aromatic rings. The molecule has 2 nitrogen and oxygen atoms in total. The molecular weight excluding hydrogens is 198 g/mol. The molecule has 1 aliphatic rings. The molecule has 1 fully saturated rings. The van der Waals surface area contributed by atoms with Gasteiger partial charge in [-0.25, -0.2) is 0 Å². The van der Waals surface area contributed by atoms with Crippen molar-refractivity contribution in [1.82, 2.24) is 5.48 Å². The molecule has 0 saturated heterocycles. The minimum atomic E-state index is 0.549. The number of rotatable bonds is 4. The zero-order chi connectivity index (χ0) is 11.2.